The second-order valence-electron chi connectivity index (χ2n) is 5.06. The second-order valence-corrected chi connectivity index (χ2v) is 5.47. The maximum atomic E-state index is 12.4. The molecule has 4 rings (SSSR count). The molecule has 7 nitrogen and oxygen atoms in total. The first kappa shape index (κ1) is 14.5. The fraction of sp³-hybridized carbons (Fsp3) is 0.0625. The smallest absolute Gasteiger partial charge is 0.278 e. The maximum Gasteiger partial charge on any atom is 0.278 e. The van der Waals surface area contributed by atoms with E-state index >= 15 is 0 Å². The van der Waals surface area contributed by atoms with E-state index in [9.17, 15) is 4.79 Å². The van der Waals surface area contributed by atoms with Gasteiger partial charge in [0.05, 0.1) is 10.4 Å². The third-order valence-electron chi connectivity index (χ3n) is 3.50. The summed E-state index contributed by atoms with van der Waals surface area (Å²) in [5.41, 5.74) is 0.935. The Kier molecular flexibility index (Phi) is 3.55. The monoisotopic (exact) mass is 339 g/mol. The molecule has 0 radical (unpaired) electrons. The van der Waals surface area contributed by atoms with E-state index in [-0.39, 0.29) is 18.0 Å². The highest BCUT2D eigenvalue weighted by Crippen LogP contribution is 2.24. The normalized spacial score (nSPS) is 11.0. The lowest BCUT2D eigenvalue weighted by molar-refractivity contribution is 0.361. The van der Waals surface area contributed by atoms with Crippen LogP contribution < -0.4 is 5.56 Å². The first-order chi connectivity index (χ1) is 11.7. The number of rotatable bonds is 3. The van der Waals surface area contributed by atoms with Crippen molar-refractivity contribution in [1.82, 2.24) is 25.1 Å². The summed E-state index contributed by atoms with van der Waals surface area (Å²) in [6.45, 7) is 0.0358. The van der Waals surface area contributed by atoms with Crippen LogP contribution in [0, 0.1) is 0 Å². The first-order valence-electron chi connectivity index (χ1n) is 7.12. The highest BCUT2D eigenvalue weighted by molar-refractivity contribution is 6.33. The van der Waals surface area contributed by atoms with Crippen LogP contribution in [-0.2, 0) is 6.54 Å². The van der Waals surface area contributed by atoms with Crippen molar-refractivity contribution in [2.45, 2.75) is 6.54 Å². The standard InChI is InChI=1S/C16H10ClN5O2/c17-12-7-3-1-5-10(12)15-18-14(24-20-15)9-22-16(23)11-6-2-4-8-13(11)19-21-22/h1-8H,9H2. The molecule has 0 unspecified atom stereocenters. The summed E-state index contributed by atoms with van der Waals surface area (Å²) in [5, 5.41) is 12.8. The molecule has 0 saturated carbocycles. The van der Waals surface area contributed by atoms with Gasteiger partial charge in [0.2, 0.25) is 11.7 Å². The van der Waals surface area contributed by atoms with Gasteiger partial charge in [0.1, 0.15) is 12.1 Å². The zero-order valence-corrected chi connectivity index (χ0v) is 13.0. The molecule has 0 aliphatic carbocycles. The molecule has 0 saturated heterocycles. The zero-order chi connectivity index (χ0) is 16.5. The molecule has 0 aliphatic rings. The van der Waals surface area contributed by atoms with Crippen molar-refractivity contribution < 1.29 is 4.52 Å². The van der Waals surface area contributed by atoms with Crippen molar-refractivity contribution in [2.24, 2.45) is 0 Å². The van der Waals surface area contributed by atoms with E-state index in [2.05, 4.69) is 20.5 Å². The third kappa shape index (κ3) is 2.55. The Morgan fingerprint density at radius 3 is 2.75 bits per heavy atom. The lowest BCUT2D eigenvalue weighted by Crippen LogP contribution is -2.24. The summed E-state index contributed by atoms with van der Waals surface area (Å²) in [6, 6.07) is 14.2. The van der Waals surface area contributed by atoms with Gasteiger partial charge in [-0.3, -0.25) is 4.79 Å². The van der Waals surface area contributed by atoms with Crippen LogP contribution in [0.15, 0.2) is 57.8 Å². The van der Waals surface area contributed by atoms with E-state index in [0.717, 1.165) is 0 Å². The van der Waals surface area contributed by atoms with Gasteiger partial charge < -0.3 is 4.52 Å². The number of aromatic nitrogens is 5. The molecule has 0 bridgehead atoms. The maximum absolute atomic E-state index is 12.4. The minimum Gasteiger partial charge on any atom is -0.337 e. The summed E-state index contributed by atoms with van der Waals surface area (Å²) in [7, 11) is 0. The fourth-order valence-electron chi connectivity index (χ4n) is 2.33. The van der Waals surface area contributed by atoms with Gasteiger partial charge in [-0.25, -0.2) is 4.68 Å². The Labute approximate surface area is 140 Å². The van der Waals surface area contributed by atoms with Crippen LogP contribution in [0.2, 0.25) is 5.02 Å². The number of nitrogens with zero attached hydrogens (tertiary/aromatic N) is 5. The van der Waals surface area contributed by atoms with Crippen LogP contribution in [0.5, 0.6) is 0 Å². The molecule has 0 atom stereocenters. The lowest BCUT2D eigenvalue weighted by atomic mass is 10.2. The molecule has 0 amide bonds. The highest BCUT2D eigenvalue weighted by atomic mass is 35.5. The fourth-order valence-corrected chi connectivity index (χ4v) is 2.55. The third-order valence-corrected chi connectivity index (χ3v) is 3.83. The number of hydrogen-bond acceptors (Lipinski definition) is 6. The summed E-state index contributed by atoms with van der Waals surface area (Å²) >= 11 is 6.12. The molecule has 2 aromatic carbocycles. The summed E-state index contributed by atoms with van der Waals surface area (Å²) in [6.07, 6.45) is 0. The van der Waals surface area contributed by atoms with E-state index in [1.165, 1.54) is 4.68 Å². The molecular weight excluding hydrogens is 330 g/mol. The van der Waals surface area contributed by atoms with Crippen molar-refractivity contribution >= 4 is 22.5 Å². The van der Waals surface area contributed by atoms with Gasteiger partial charge in [-0.15, -0.1) is 5.10 Å². The molecule has 0 aliphatic heterocycles. The largest absolute Gasteiger partial charge is 0.337 e. The van der Waals surface area contributed by atoms with Crippen LogP contribution in [0.4, 0.5) is 0 Å². The van der Waals surface area contributed by atoms with Gasteiger partial charge in [-0.1, -0.05) is 46.2 Å². The molecule has 0 fully saturated rings. The number of halogens is 1. The number of fused-ring (bicyclic) bond motifs is 1. The molecule has 8 heteroatoms. The van der Waals surface area contributed by atoms with Crippen molar-refractivity contribution in [3.8, 4) is 11.4 Å². The average Bonchev–Trinajstić information content (AvgIpc) is 3.06. The summed E-state index contributed by atoms with van der Waals surface area (Å²) in [5.74, 6) is 0.606. The zero-order valence-electron chi connectivity index (χ0n) is 12.3. The van der Waals surface area contributed by atoms with Crippen LogP contribution in [0.1, 0.15) is 5.89 Å². The Balaban J connectivity index is 1.69. The second kappa shape index (κ2) is 5.86. The molecular formula is C16H10ClN5O2. The van der Waals surface area contributed by atoms with Crippen molar-refractivity contribution in [1.29, 1.82) is 0 Å². The van der Waals surface area contributed by atoms with Crippen LogP contribution in [0.3, 0.4) is 0 Å². The lowest BCUT2D eigenvalue weighted by Gasteiger charge is -2.01. The van der Waals surface area contributed by atoms with E-state index in [4.69, 9.17) is 16.1 Å². The van der Waals surface area contributed by atoms with Crippen LogP contribution in [-0.4, -0.2) is 25.1 Å². The van der Waals surface area contributed by atoms with Crippen molar-refractivity contribution in [3.05, 3.63) is 69.8 Å². The van der Waals surface area contributed by atoms with Crippen molar-refractivity contribution in [2.75, 3.05) is 0 Å². The van der Waals surface area contributed by atoms with E-state index in [0.29, 0.717) is 27.3 Å². The van der Waals surface area contributed by atoms with Gasteiger partial charge >= 0.3 is 0 Å². The van der Waals surface area contributed by atoms with E-state index < -0.39 is 0 Å². The van der Waals surface area contributed by atoms with Gasteiger partial charge in [0, 0.05) is 5.56 Å². The Hall–Kier alpha value is -3.06. The first-order valence-corrected chi connectivity index (χ1v) is 7.50. The minimum absolute atomic E-state index is 0.0358. The molecule has 2 aromatic heterocycles. The van der Waals surface area contributed by atoms with Crippen LogP contribution in [0.25, 0.3) is 22.3 Å². The molecule has 0 spiro atoms. The molecule has 2 heterocycles. The quantitative estimate of drug-likeness (QED) is 0.570. The van der Waals surface area contributed by atoms with Crippen molar-refractivity contribution in [3.63, 3.8) is 0 Å². The van der Waals surface area contributed by atoms with Gasteiger partial charge in [0.25, 0.3) is 5.56 Å². The highest BCUT2D eigenvalue weighted by Gasteiger charge is 2.13. The predicted octanol–water partition coefficient (Wildman–Crippen LogP) is 2.54. The number of hydrogen-bond donors (Lipinski definition) is 0. The average molecular weight is 340 g/mol. The van der Waals surface area contributed by atoms with E-state index in [1.807, 2.05) is 12.1 Å². The van der Waals surface area contributed by atoms with Gasteiger partial charge in [-0.2, -0.15) is 4.98 Å². The Morgan fingerprint density at radius 1 is 1.08 bits per heavy atom. The number of benzene rings is 2. The summed E-state index contributed by atoms with van der Waals surface area (Å²) in [4.78, 5) is 16.7. The molecule has 24 heavy (non-hydrogen) atoms. The predicted molar refractivity (Wildman–Crippen MR) is 87.6 cm³/mol. The SMILES string of the molecule is O=c1c2ccccc2nnn1Cc1nc(-c2ccccc2Cl)no1. The molecule has 0 N–H and O–H groups in total. The Morgan fingerprint density at radius 2 is 1.88 bits per heavy atom. The van der Waals surface area contributed by atoms with Gasteiger partial charge in [-0.05, 0) is 24.3 Å². The Bertz CT molecular complexity index is 1090. The molecule has 118 valence electrons. The summed E-state index contributed by atoms with van der Waals surface area (Å²) < 4.78 is 6.38. The van der Waals surface area contributed by atoms with E-state index in [1.54, 1.807) is 36.4 Å². The minimum atomic E-state index is -0.266. The van der Waals surface area contributed by atoms with Gasteiger partial charge in [0.15, 0.2) is 0 Å². The molecule has 4 aromatic rings. The van der Waals surface area contributed by atoms with Crippen LogP contribution >= 0.6 is 11.6 Å². The topological polar surface area (TPSA) is 86.7 Å².